The third kappa shape index (κ3) is 3.87. The molecule has 1 fully saturated rings. The van der Waals surface area contributed by atoms with Gasteiger partial charge < -0.3 is 0 Å². The second-order valence-corrected chi connectivity index (χ2v) is 7.08. The van der Waals surface area contributed by atoms with E-state index in [1.807, 2.05) is 0 Å². The molecule has 0 aliphatic heterocycles. The summed E-state index contributed by atoms with van der Waals surface area (Å²) in [4.78, 5) is 7.49. The maximum absolute atomic E-state index is 12.2. The van der Waals surface area contributed by atoms with Crippen molar-refractivity contribution in [2.45, 2.75) is 50.0 Å². The van der Waals surface area contributed by atoms with Gasteiger partial charge in [-0.05, 0) is 30.4 Å². The van der Waals surface area contributed by atoms with Crippen LogP contribution >= 0.6 is 11.6 Å². The number of rotatable bonds is 3. The Labute approximate surface area is 118 Å². The highest BCUT2D eigenvalue weighted by molar-refractivity contribution is 7.89. The first-order chi connectivity index (χ1) is 8.99. The van der Waals surface area contributed by atoms with Gasteiger partial charge in [-0.25, -0.2) is 23.1 Å². The van der Waals surface area contributed by atoms with Gasteiger partial charge >= 0.3 is 0 Å². The lowest BCUT2D eigenvalue weighted by molar-refractivity contribution is 0.399. The molecule has 1 heterocycles. The lowest BCUT2D eigenvalue weighted by Gasteiger charge is -2.22. The van der Waals surface area contributed by atoms with Gasteiger partial charge in [0.1, 0.15) is 4.90 Å². The van der Waals surface area contributed by atoms with E-state index in [0.29, 0.717) is 5.92 Å². The maximum atomic E-state index is 12.2. The molecule has 0 bridgehead atoms. The van der Waals surface area contributed by atoms with Crippen molar-refractivity contribution in [3.8, 4) is 0 Å². The third-order valence-corrected chi connectivity index (χ3v) is 5.21. The highest BCUT2D eigenvalue weighted by atomic mass is 35.5. The first kappa shape index (κ1) is 14.7. The summed E-state index contributed by atoms with van der Waals surface area (Å²) in [6.45, 7) is 2.09. The molecule has 1 aliphatic rings. The average molecular weight is 304 g/mol. The zero-order chi connectivity index (χ0) is 13.9. The molecule has 0 aromatic carbocycles. The molecule has 2 unspecified atom stereocenters. The first-order valence-electron chi connectivity index (χ1n) is 6.49. The lowest BCUT2D eigenvalue weighted by Crippen LogP contribution is -2.38. The fraction of sp³-hybridized carbons (Fsp3) is 0.667. The van der Waals surface area contributed by atoms with Crippen LogP contribution in [0.3, 0.4) is 0 Å². The Balaban J connectivity index is 2.13. The number of aromatic nitrogens is 2. The van der Waals surface area contributed by atoms with E-state index in [4.69, 9.17) is 11.6 Å². The zero-order valence-corrected chi connectivity index (χ0v) is 12.4. The van der Waals surface area contributed by atoms with E-state index in [-0.39, 0.29) is 16.2 Å². The van der Waals surface area contributed by atoms with Crippen molar-refractivity contribution < 1.29 is 8.42 Å². The highest BCUT2D eigenvalue weighted by Crippen LogP contribution is 2.24. The van der Waals surface area contributed by atoms with Gasteiger partial charge in [0.25, 0.3) is 0 Å². The minimum absolute atomic E-state index is 0.0109. The Kier molecular flexibility index (Phi) is 4.76. The van der Waals surface area contributed by atoms with Gasteiger partial charge in [0.2, 0.25) is 15.3 Å². The van der Waals surface area contributed by atoms with Crippen LogP contribution in [0, 0.1) is 5.92 Å². The number of sulfonamides is 1. The SMILES string of the molecule is CC1CCCCCC1NS(=O)(=O)c1cnc(Cl)nc1. The molecule has 7 heteroatoms. The number of halogens is 1. The van der Waals surface area contributed by atoms with E-state index in [1.54, 1.807) is 0 Å². The standard InChI is InChI=1S/C12H18ClN3O2S/c1-9-5-3-2-4-6-11(9)16-19(17,18)10-7-14-12(13)15-8-10/h7-9,11,16H,2-6H2,1H3. The molecule has 1 aromatic rings. The molecule has 0 amide bonds. The van der Waals surface area contributed by atoms with Gasteiger partial charge in [0.05, 0.1) is 12.4 Å². The monoisotopic (exact) mass is 303 g/mol. The Morgan fingerprint density at radius 3 is 2.53 bits per heavy atom. The van der Waals surface area contributed by atoms with Crippen LogP contribution < -0.4 is 4.72 Å². The minimum Gasteiger partial charge on any atom is -0.225 e. The van der Waals surface area contributed by atoms with Crippen molar-refractivity contribution in [1.29, 1.82) is 0 Å². The molecule has 0 spiro atoms. The second kappa shape index (κ2) is 6.15. The quantitative estimate of drug-likeness (QED) is 0.687. The third-order valence-electron chi connectivity index (χ3n) is 3.57. The van der Waals surface area contributed by atoms with Gasteiger partial charge in [0, 0.05) is 6.04 Å². The summed E-state index contributed by atoms with van der Waals surface area (Å²) >= 11 is 5.56. The fourth-order valence-corrected chi connectivity index (χ4v) is 3.74. The van der Waals surface area contributed by atoms with Crippen LogP contribution in [0.2, 0.25) is 5.28 Å². The largest absolute Gasteiger partial charge is 0.243 e. The summed E-state index contributed by atoms with van der Waals surface area (Å²) < 4.78 is 27.2. The van der Waals surface area contributed by atoms with Crippen molar-refractivity contribution >= 4 is 21.6 Å². The molecule has 0 radical (unpaired) electrons. The van der Waals surface area contributed by atoms with Crippen LogP contribution in [-0.4, -0.2) is 24.4 Å². The van der Waals surface area contributed by atoms with Gasteiger partial charge in [-0.2, -0.15) is 0 Å². The summed E-state index contributed by atoms with van der Waals surface area (Å²) in [6.07, 6.45) is 7.82. The van der Waals surface area contributed by atoms with E-state index in [9.17, 15) is 8.42 Å². The van der Waals surface area contributed by atoms with Crippen LogP contribution in [0.25, 0.3) is 0 Å². The predicted molar refractivity (Wildman–Crippen MR) is 73.4 cm³/mol. The topological polar surface area (TPSA) is 72.0 Å². The molecule has 19 heavy (non-hydrogen) atoms. The van der Waals surface area contributed by atoms with Crippen molar-refractivity contribution in [2.75, 3.05) is 0 Å². The fourth-order valence-electron chi connectivity index (χ4n) is 2.37. The molecule has 1 saturated carbocycles. The Hall–Kier alpha value is -0.720. The maximum Gasteiger partial charge on any atom is 0.243 e. The van der Waals surface area contributed by atoms with Crippen LogP contribution in [0.15, 0.2) is 17.3 Å². The van der Waals surface area contributed by atoms with E-state index < -0.39 is 10.0 Å². The number of nitrogens with one attached hydrogen (secondary N) is 1. The zero-order valence-electron chi connectivity index (χ0n) is 10.8. The van der Waals surface area contributed by atoms with Gasteiger partial charge in [-0.1, -0.05) is 26.2 Å². The van der Waals surface area contributed by atoms with E-state index in [2.05, 4.69) is 21.6 Å². The van der Waals surface area contributed by atoms with Crippen LogP contribution in [0.5, 0.6) is 0 Å². The van der Waals surface area contributed by atoms with Crippen molar-refractivity contribution in [3.05, 3.63) is 17.7 Å². The van der Waals surface area contributed by atoms with Crippen LogP contribution in [-0.2, 0) is 10.0 Å². The highest BCUT2D eigenvalue weighted by Gasteiger charge is 2.26. The second-order valence-electron chi connectivity index (χ2n) is 5.03. The molecule has 2 rings (SSSR count). The van der Waals surface area contributed by atoms with Gasteiger partial charge in [-0.3, -0.25) is 0 Å². The van der Waals surface area contributed by atoms with E-state index in [1.165, 1.54) is 25.2 Å². The van der Waals surface area contributed by atoms with Crippen LogP contribution in [0.4, 0.5) is 0 Å². The first-order valence-corrected chi connectivity index (χ1v) is 8.35. The lowest BCUT2D eigenvalue weighted by atomic mass is 9.98. The predicted octanol–water partition coefficient (Wildman–Crippen LogP) is 2.38. The van der Waals surface area contributed by atoms with Crippen molar-refractivity contribution in [1.82, 2.24) is 14.7 Å². The van der Waals surface area contributed by atoms with Crippen molar-refractivity contribution in [2.24, 2.45) is 5.92 Å². The summed E-state index contributed by atoms with van der Waals surface area (Å²) in [5.41, 5.74) is 0. The molecule has 1 aliphatic carbocycles. The molecule has 1 aromatic heterocycles. The summed E-state index contributed by atoms with van der Waals surface area (Å²) in [5.74, 6) is 0.352. The van der Waals surface area contributed by atoms with Gasteiger partial charge in [0.15, 0.2) is 0 Å². The average Bonchev–Trinajstić information content (AvgIpc) is 2.55. The molecule has 0 saturated heterocycles. The molecule has 2 atom stereocenters. The van der Waals surface area contributed by atoms with E-state index in [0.717, 1.165) is 19.3 Å². The smallest absolute Gasteiger partial charge is 0.225 e. The van der Waals surface area contributed by atoms with E-state index >= 15 is 0 Å². The van der Waals surface area contributed by atoms with Crippen molar-refractivity contribution in [3.63, 3.8) is 0 Å². The molecular formula is C12H18ClN3O2S. The summed E-state index contributed by atoms with van der Waals surface area (Å²) in [7, 11) is -3.56. The Bertz CT molecular complexity index is 518. The van der Waals surface area contributed by atoms with Gasteiger partial charge in [-0.15, -0.1) is 0 Å². The normalized spacial score (nSPS) is 24.9. The Morgan fingerprint density at radius 2 is 1.84 bits per heavy atom. The number of hydrogen-bond acceptors (Lipinski definition) is 4. The Morgan fingerprint density at radius 1 is 1.21 bits per heavy atom. The van der Waals surface area contributed by atoms with Crippen LogP contribution in [0.1, 0.15) is 39.0 Å². The molecule has 106 valence electrons. The molecular weight excluding hydrogens is 286 g/mol. The number of hydrogen-bond donors (Lipinski definition) is 1. The number of nitrogens with zero attached hydrogens (tertiary/aromatic N) is 2. The molecule has 5 nitrogen and oxygen atoms in total. The summed E-state index contributed by atoms with van der Waals surface area (Å²) in [6, 6.07) is -0.0109. The summed E-state index contributed by atoms with van der Waals surface area (Å²) in [5, 5.41) is 0.0433. The minimum atomic E-state index is -3.56. The molecule has 1 N–H and O–H groups in total.